The highest BCUT2D eigenvalue weighted by molar-refractivity contribution is 5.92. The van der Waals surface area contributed by atoms with Crippen LogP contribution in [0.25, 0.3) is 21.9 Å². The highest BCUT2D eigenvalue weighted by atomic mass is 16.3. The molecule has 2 heterocycles. The van der Waals surface area contributed by atoms with Crippen molar-refractivity contribution in [2.75, 3.05) is 0 Å². The first kappa shape index (κ1) is 10.4. The summed E-state index contributed by atoms with van der Waals surface area (Å²) >= 11 is 0. The number of aromatic amines is 1. The van der Waals surface area contributed by atoms with Crippen molar-refractivity contribution >= 4 is 21.9 Å². The van der Waals surface area contributed by atoms with Crippen LogP contribution in [0.3, 0.4) is 0 Å². The van der Waals surface area contributed by atoms with Crippen molar-refractivity contribution in [1.29, 1.82) is 0 Å². The van der Waals surface area contributed by atoms with Crippen molar-refractivity contribution in [3.05, 3.63) is 34.6 Å². The van der Waals surface area contributed by atoms with E-state index in [1.165, 1.54) is 18.2 Å². The van der Waals surface area contributed by atoms with E-state index in [1.807, 2.05) is 0 Å². The summed E-state index contributed by atoms with van der Waals surface area (Å²) in [4.78, 5) is 17.9. The van der Waals surface area contributed by atoms with E-state index in [2.05, 4.69) is 9.97 Å². The maximum Gasteiger partial charge on any atom is 0.290 e. The van der Waals surface area contributed by atoms with Crippen LogP contribution in [0, 0.1) is 0 Å². The van der Waals surface area contributed by atoms with E-state index in [-0.39, 0.29) is 11.5 Å². The zero-order valence-electron chi connectivity index (χ0n) is 9.01. The van der Waals surface area contributed by atoms with Crippen molar-refractivity contribution in [3.8, 4) is 17.2 Å². The Morgan fingerprint density at radius 2 is 1.56 bits per heavy atom. The lowest BCUT2D eigenvalue weighted by Gasteiger charge is -2.04. The van der Waals surface area contributed by atoms with E-state index in [0.29, 0.717) is 21.9 Å². The standard InChI is InChI=1S/C12H8N2O4/c15-9-2-5-1-7-8(4-11(17)12(18)14-7)13-6(5)3-10(9)16/h1-4,15-17H,(H,14,18). The number of nitrogens with zero attached hydrogens (tertiary/aromatic N) is 1. The quantitative estimate of drug-likeness (QED) is 0.351. The lowest BCUT2D eigenvalue weighted by molar-refractivity contribution is 0.405. The molecule has 0 aliphatic carbocycles. The number of aromatic hydroxyl groups is 3. The molecule has 3 rings (SSSR count). The van der Waals surface area contributed by atoms with E-state index in [1.54, 1.807) is 6.07 Å². The smallest absolute Gasteiger partial charge is 0.290 e. The predicted molar refractivity (Wildman–Crippen MR) is 64.9 cm³/mol. The average molecular weight is 244 g/mol. The highest BCUT2D eigenvalue weighted by Gasteiger charge is 2.07. The Labute approximate surface area is 99.8 Å². The van der Waals surface area contributed by atoms with Gasteiger partial charge in [0, 0.05) is 17.5 Å². The molecule has 3 aromatic rings. The number of phenolic OH excluding ortho intramolecular Hbond substituents is 2. The number of nitrogens with one attached hydrogen (secondary N) is 1. The van der Waals surface area contributed by atoms with Crippen molar-refractivity contribution in [1.82, 2.24) is 9.97 Å². The van der Waals surface area contributed by atoms with Gasteiger partial charge in [-0.1, -0.05) is 0 Å². The van der Waals surface area contributed by atoms with Gasteiger partial charge in [-0.25, -0.2) is 4.98 Å². The summed E-state index contributed by atoms with van der Waals surface area (Å²) in [5.74, 6) is -0.954. The van der Waals surface area contributed by atoms with Gasteiger partial charge in [-0.2, -0.15) is 0 Å². The first-order valence-corrected chi connectivity index (χ1v) is 5.13. The zero-order valence-corrected chi connectivity index (χ0v) is 9.01. The maximum absolute atomic E-state index is 11.3. The summed E-state index contributed by atoms with van der Waals surface area (Å²) in [6.07, 6.45) is 0. The second-order valence-corrected chi connectivity index (χ2v) is 3.94. The second-order valence-electron chi connectivity index (χ2n) is 3.94. The fraction of sp³-hybridized carbons (Fsp3) is 0. The summed E-state index contributed by atoms with van der Waals surface area (Å²) in [6, 6.07) is 5.52. The zero-order chi connectivity index (χ0) is 12.9. The SMILES string of the molecule is O=c1[nH]c2cc3cc(O)c(O)cc3nc2cc1O. The predicted octanol–water partition coefficient (Wildman–Crippen LogP) is 1.19. The van der Waals surface area contributed by atoms with Crippen LogP contribution in [0.1, 0.15) is 0 Å². The molecule has 0 unspecified atom stereocenters. The van der Waals surface area contributed by atoms with Crippen LogP contribution in [0.2, 0.25) is 0 Å². The highest BCUT2D eigenvalue weighted by Crippen LogP contribution is 2.30. The third-order valence-corrected chi connectivity index (χ3v) is 2.69. The molecule has 0 aliphatic heterocycles. The first-order valence-electron chi connectivity index (χ1n) is 5.13. The fourth-order valence-corrected chi connectivity index (χ4v) is 1.81. The van der Waals surface area contributed by atoms with Crippen LogP contribution in [0.5, 0.6) is 17.2 Å². The van der Waals surface area contributed by atoms with E-state index in [4.69, 9.17) is 0 Å². The van der Waals surface area contributed by atoms with Crippen molar-refractivity contribution in [2.24, 2.45) is 0 Å². The number of hydrogen-bond donors (Lipinski definition) is 4. The Morgan fingerprint density at radius 1 is 0.889 bits per heavy atom. The second kappa shape index (κ2) is 3.36. The minimum atomic E-state index is -0.605. The van der Waals surface area contributed by atoms with Crippen LogP contribution >= 0.6 is 0 Å². The molecular formula is C12H8N2O4. The van der Waals surface area contributed by atoms with Crippen molar-refractivity contribution in [2.45, 2.75) is 0 Å². The number of fused-ring (bicyclic) bond motifs is 2. The summed E-state index contributed by atoms with van der Waals surface area (Å²) in [6.45, 7) is 0. The van der Waals surface area contributed by atoms with Gasteiger partial charge in [-0.15, -0.1) is 0 Å². The summed E-state index contributed by atoms with van der Waals surface area (Å²) in [5.41, 5.74) is 0.677. The van der Waals surface area contributed by atoms with E-state index in [9.17, 15) is 20.1 Å². The van der Waals surface area contributed by atoms with Gasteiger partial charge < -0.3 is 20.3 Å². The summed E-state index contributed by atoms with van der Waals surface area (Å²) in [5, 5.41) is 28.7. The molecule has 0 saturated carbocycles. The normalized spacial score (nSPS) is 11.1. The van der Waals surface area contributed by atoms with Gasteiger partial charge in [-0.05, 0) is 12.1 Å². The molecule has 1 aromatic carbocycles. The Morgan fingerprint density at radius 3 is 2.33 bits per heavy atom. The molecule has 4 N–H and O–H groups in total. The molecule has 0 amide bonds. The third-order valence-electron chi connectivity index (χ3n) is 2.69. The monoisotopic (exact) mass is 244 g/mol. The Bertz CT molecular complexity index is 839. The van der Waals surface area contributed by atoms with Crippen molar-refractivity contribution in [3.63, 3.8) is 0 Å². The van der Waals surface area contributed by atoms with Gasteiger partial charge in [0.2, 0.25) is 0 Å². The number of H-pyrrole nitrogens is 1. The molecule has 90 valence electrons. The van der Waals surface area contributed by atoms with Crippen LogP contribution < -0.4 is 5.56 Å². The number of benzene rings is 1. The van der Waals surface area contributed by atoms with Crippen LogP contribution in [-0.2, 0) is 0 Å². The molecule has 0 atom stereocenters. The molecule has 6 heteroatoms. The van der Waals surface area contributed by atoms with E-state index in [0.717, 1.165) is 0 Å². The third kappa shape index (κ3) is 1.43. The maximum atomic E-state index is 11.3. The van der Waals surface area contributed by atoms with Gasteiger partial charge in [0.15, 0.2) is 17.2 Å². The number of rotatable bonds is 0. The molecule has 0 radical (unpaired) electrons. The summed E-state index contributed by atoms with van der Waals surface area (Å²) < 4.78 is 0. The minimum absolute atomic E-state index is 0.259. The number of pyridine rings is 2. The molecule has 18 heavy (non-hydrogen) atoms. The molecule has 0 bridgehead atoms. The molecule has 0 aliphatic rings. The fourth-order valence-electron chi connectivity index (χ4n) is 1.81. The lowest BCUT2D eigenvalue weighted by Crippen LogP contribution is -2.04. The molecule has 0 saturated heterocycles. The number of phenols is 2. The van der Waals surface area contributed by atoms with Crippen LogP contribution in [0.4, 0.5) is 0 Å². The number of hydrogen-bond acceptors (Lipinski definition) is 5. The Balaban J connectivity index is 2.47. The van der Waals surface area contributed by atoms with E-state index < -0.39 is 11.3 Å². The molecule has 6 nitrogen and oxygen atoms in total. The van der Waals surface area contributed by atoms with E-state index >= 15 is 0 Å². The van der Waals surface area contributed by atoms with Crippen LogP contribution in [-0.4, -0.2) is 25.3 Å². The van der Waals surface area contributed by atoms with Gasteiger partial charge in [0.25, 0.3) is 5.56 Å². The molecular weight excluding hydrogens is 236 g/mol. The van der Waals surface area contributed by atoms with Gasteiger partial charge in [0.05, 0.1) is 16.6 Å². The van der Waals surface area contributed by atoms with Crippen LogP contribution in [0.15, 0.2) is 29.1 Å². The topological polar surface area (TPSA) is 106 Å². The molecule has 0 fully saturated rings. The Kier molecular flexibility index (Phi) is 1.94. The van der Waals surface area contributed by atoms with Gasteiger partial charge >= 0.3 is 0 Å². The Hall–Kier alpha value is -2.76. The first-order chi connectivity index (χ1) is 8.54. The largest absolute Gasteiger partial charge is 0.504 e. The van der Waals surface area contributed by atoms with Gasteiger partial charge in [-0.3, -0.25) is 4.79 Å². The number of aromatic nitrogens is 2. The molecule has 2 aromatic heterocycles. The average Bonchev–Trinajstić information content (AvgIpc) is 2.31. The van der Waals surface area contributed by atoms with Gasteiger partial charge in [0.1, 0.15) is 0 Å². The minimum Gasteiger partial charge on any atom is -0.504 e. The molecule has 0 spiro atoms. The lowest BCUT2D eigenvalue weighted by atomic mass is 10.1. The summed E-state index contributed by atoms with van der Waals surface area (Å²) in [7, 11) is 0. The van der Waals surface area contributed by atoms with Crippen molar-refractivity contribution < 1.29 is 15.3 Å².